The maximum atomic E-state index is 11.1. The van der Waals surface area contributed by atoms with Crippen molar-refractivity contribution < 1.29 is 24.2 Å². The highest BCUT2D eigenvalue weighted by Crippen LogP contribution is 1.98. The predicted octanol–water partition coefficient (Wildman–Crippen LogP) is 0.252. The van der Waals surface area contributed by atoms with Crippen LogP contribution in [-0.4, -0.2) is 35.9 Å². The van der Waals surface area contributed by atoms with Gasteiger partial charge in [-0.05, 0) is 20.3 Å². The molecule has 0 heterocycles. The standard InChI is InChI=1S/C9H16O5/c1-4-5-13-9(12)7(3)14-8(11)6(2)10/h6-7,10H,4-5H2,1-3H3/t6-,7+/m0/s1. The normalized spacial score (nSPS) is 14.3. The minimum Gasteiger partial charge on any atom is -0.463 e. The Labute approximate surface area is 83.0 Å². The van der Waals surface area contributed by atoms with E-state index in [1.54, 1.807) is 0 Å². The first kappa shape index (κ1) is 12.9. The van der Waals surface area contributed by atoms with Crippen LogP contribution < -0.4 is 0 Å². The molecular weight excluding hydrogens is 188 g/mol. The van der Waals surface area contributed by atoms with Crippen molar-refractivity contribution in [1.29, 1.82) is 0 Å². The Morgan fingerprint density at radius 1 is 1.29 bits per heavy atom. The van der Waals surface area contributed by atoms with Gasteiger partial charge in [0.15, 0.2) is 6.10 Å². The maximum Gasteiger partial charge on any atom is 0.347 e. The van der Waals surface area contributed by atoms with Crippen LogP contribution in [0.15, 0.2) is 0 Å². The summed E-state index contributed by atoms with van der Waals surface area (Å²) in [5.74, 6) is -1.42. The zero-order valence-electron chi connectivity index (χ0n) is 8.65. The van der Waals surface area contributed by atoms with Gasteiger partial charge in [-0.2, -0.15) is 0 Å². The second-order valence-electron chi connectivity index (χ2n) is 2.92. The van der Waals surface area contributed by atoms with Gasteiger partial charge in [-0.1, -0.05) is 6.92 Å². The SMILES string of the molecule is CCCOC(=O)[C@@H](C)OC(=O)[C@H](C)O. The van der Waals surface area contributed by atoms with Crippen LogP contribution in [0, 0.1) is 0 Å². The number of esters is 2. The summed E-state index contributed by atoms with van der Waals surface area (Å²) in [4.78, 5) is 21.9. The molecule has 1 N–H and O–H groups in total. The van der Waals surface area contributed by atoms with Crippen molar-refractivity contribution in [1.82, 2.24) is 0 Å². The summed E-state index contributed by atoms with van der Waals surface area (Å²) in [7, 11) is 0. The van der Waals surface area contributed by atoms with Gasteiger partial charge in [0.05, 0.1) is 6.61 Å². The molecule has 0 aromatic heterocycles. The Morgan fingerprint density at radius 2 is 1.86 bits per heavy atom. The quantitative estimate of drug-likeness (QED) is 0.650. The molecule has 0 bridgehead atoms. The number of hydrogen-bond acceptors (Lipinski definition) is 5. The summed E-state index contributed by atoms with van der Waals surface area (Å²) in [6.45, 7) is 4.83. The topological polar surface area (TPSA) is 72.8 Å². The second kappa shape index (κ2) is 6.37. The molecule has 82 valence electrons. The molecule has 5 nitrogen and oxygen atoms in total. The zero-order valence-corrected chi connectivity index (χ0v) is 8.65. The zero-order chi connectivity index (χ0) is 11.1. The lowest BCUT2D eigenvalue weighted by Gasteiger charge is -2.13. The van der Waals surface area contributed by atoms with Gasteiger partial charge in [0.1, 0.15) is 6.10 Å². The van der Waals surface area contributed by atoms with Gasteiger partial charge in [-0.15, -0.1) is 0 Å². The Hall–Kier alpha value is -1.10. The first-order valence-electron chi connectivity index (χ1n) is 4.54. The number of carbonyl (C=O) groups excluding carboxylic acids is 2. The molecule has 0 aromatic rings. The number of aliphatic hydroxyl groups excluding tert-OH is 1. The molecule has 0 unspecified atom stereocenters. The average Bonchev–Trinajstić information content (AvgIpc) is 2.13. The molecule has 0 aliphatic heterocycles. The molecule has 14 heavy (non-hydrogen) atoms. The highest BCUT2D eigenvalue weighted by Gasteiger charge is 2.21. The highest BCUT2D eigenvalue weighted by molar-refractivity contribution is 5.80. The molecule has 0 aliphatic rings. The van der Waals surface area contributed by atoms with Crippen molar-refractivity contribution in [2.45, 2.75) is 39.4 Å². The largest absolute Gasteiger partial charge is 0.463 e. The van der Waals surface area contributed by atoms with E-state index in [2.05, 4.69) is 4.74 Å². The van der Waals surface area contributed by atoms with Crippen LogP contribution in [0.3, 0.4) is 0 Å². The van der Waals surface area contributed by atoms with Crippen LogP contribution in [-0.2, 0) is 19.1 Å². The molecule has 0 amide bonds. The number of ether oxygens (including phenoxy) is 2. The molecular formula is C9H16O5. The van der Waals surface area contributed by atoms with E-state index in [0.717, 1.165) is 0 Å². The van der Waals surface area contributed by atoms with E-state index in [4.69, 9.17) is 9.84 Å². The fourth-order valence-corrected chi connectivity index (χ4v) is 0.641. The smallest absolute Gasteiger partial charge is 0.347 e. The molecule has 0 rings (SSSR count). The van der Waals surface area contributed by atoms with Gasteiger partial charge in [0.25, 0.3) is 0 Å². The van der Waals surface area contributed by atoms with Crippen LogP contribution >= 0.6 is 0 Å². The van der Waals surface area contributed by atoms with Crippen LogP contribution in [0.4, 0.5) is 0 Å². The van der Waals surface area contributed by atoms with Gasteiger partial charge >= 0.3 is 11.9 Å². The fraction of sp³-hybridized carbons (Fsp3) is 0.778. The van der Waals surface area contributed by atoms with Gasteiger partial charge in [-0.3, -0.25) is 0 Å². The first-order chi connectivity index (χ1) is 6.49. The summed E-state index contributed by atoms with van der Waals surface area (Å²) in [5.41, 5.74) is 0. The number of aliphatic hydroxyl groups is 1. The van der Waals surface area contributed by atoms with Crippen LogP contribution in [0.25, 0.3) is 0 Å². The summed E-state index contributed by atoms with van der Waals surface area (Å²) in [6.07, 6.45) is -1.48. The van der Waals surface area contributed by atoms with E-state index >= 15 is 0 Å². The Bertz CT molecular complexity index is 199. The molecule has 0 saturated heterocycles. The summed E-state index contributed by atoms with van der Waals surface area (Å²) in [6, 6.07) is 0. The third-order valence-corrected chi connectivity index (χ3v) is 1.41. The summed E-state index contributed by atoms with van der Waals surface area (Å²) in [5, 5.41) is 8.80. The predicted molar refractivity (Wildman–Crippen MR) is 48.5 cm³/mol. The van der Waals surface area contributed by atoms with Crippen molar-refractivity contribution in [2.75, 3.05) is 6.61 Å². The molecule has 0 aromatic carbocycles. The second-order valence-corrected chi connectivity index (χ2v) is 2.92. The van der Waals surface area contributed by atoms with Crippen LogP contribution in [0.1, 0.15) is 27.2 Å². The van der Waals surface area contributed by atoms with Gasteiger partial charge < -0.3 is 14.6 Å². The van der Waals surface area contributed by atoms with Gasteiger partial charge in [0, 0.05) is 0 Å². The van der Waals surface area contributed by atoms with Crippen molar-refractivity contribution in [2.24, 2.45) is 0 Å². The molecule has 2 atom stereocenters. The molecule has 0 spiro atoms. The van der Waals surface area contributed by atoms with Crippen molar-refractivity contribution in [3.05, 3.63) is 0 Å². The molecule has 0 aliphatic carbocycles. The lowest BCUT2D eigenvalue weighted by atomic mass is 10.4. The van der Waals surface area contributed by atoms with Crippen molar-refractivity contribution in [3.63, 3.8) is 0 Å². The maximum absolute atomic E-state index is 11.1. The van der Waals surface area contributed by atoms with Crippen LogP contribution in [0.2, 0.25) is 0 Å². The average molecular weight is 204 g/mol. The van der Waals surface area contributed by atoms with Gasteiger partial charge in [0.2, 0.25) is 0 Å². The molecule has 0 radical (unpaired) electrons. The lowest BCUT2D eigenvalue weighted by molar-refractivity contribution is -0.171. The number of hydrogen-bond donors (Lipinski definition) is 1. The molecule has 0 fully saturated rings. The lowest BCUT2D eigenvalue weighted by Crippen LogP contribution is -2.30. The fourth-order valence-electron chi connectivity index (χ4n) is 0.641. The minimum absolute atomic E-state index is 0.301. The Kier molecular flexibility index (Phi) is 5.87. The van der Waals surface area contributed by atoms with E-state index in [0.29, 0.717) is 13.0 Å². The molecule has 0 saturated carbocycles. The third-order valence-electron chi connectivity index (χ3n) is 1.41. The molecule has 5 heteroatoms. The van der Waals surface area contributed by atoms with Crippen molar-refractivity contribution in [3.8, 4) is 0 Å². The Morgan fingerprint density at radius 3 is 2.29 bits per heavy atom. The number of carbonyl (C=O) groups is 2. The van der Waals surface area contributed by atoms with Crippen molar-refractivity contribution >= 4 is 11.9 Å². The summed E-state index contributed by atoms with van der Waals surface area (Å²) < 4.78 is 9.34. The summed E-state index contributed by atoms with van der Waals surface area (Å²) >= 11 is 0. The van der Waals surface area contributed by atoms with E-state index in [1.807, 2.05) is 6.92 Å². The van der Waals surface area contributed by atoms with E-state index in [9.17, 15) is 9.59 Å². The van der Waals surface area contributed by atoms with Crippen LogP contribution in [0.5, 0.6) is 0 Å². The van der Waals surface area contributed by atoms with Gasteiger partial charge in [-0.25, -0.2) is 9.59 Å². The number of rotatable bonds is 5. The monoisotopic (exact) mass is 204 g/mol. The van der Waals surface area contributed by atoms with E-state index in [1.165, 1.54) is 13.8 Å². The highest BCUT2D eigenvalue weighted by atomic mass is 16.6. The Balaban J connectivity index is 3.89. The third kappa shape index (κ3) is 4.81. The van der Waals surface area contributed by atoms with E-state index < -0.39 is 24.1 Å². The van der Waals surface area contributed by atoms with E-state index in [-0.39, 0.29) is 0 Å². The minimum atomic E-state index is -1.23. The first-order valence-corrected chi connectivity index (χ1v) is 4.54.